The van der Waals surface area contributed by atoms with Crippen LogP contribution in [0.2, 0.25) is 0 Å². The third-order valence-electron chi connectivity index (χ3n) is 2.70. The van der Waals surface area contributed by atoms with Crippen molar-refractivity contribution in [3.8, 4) is 0 Å². The molecule has 1 aliphatic rings. The van der Waals surface area contributed by atoms with E-state index in [-0.39, 0.29) is 17.9 Å². The molecule has 4 nitrogen and oxygen atoms in total. The van der Waals surface area contributed by atoms with Gasteiger partial charge in [0.05, 0.1) is 0 Å². The summed E-state index contributed by atoms with van der Waals surface area (Å²) >= 11 is 0. The van der Waals surface area contributed by atoms with Gasteiger partial charge in [0.2, 0.25) is 11.8 Å². The van der Waals surface area contributed by atoms with Gasteiger partial charge in [-0.25, -0.2) is 0 Å². The molecule has 15 heavy (non-hydrogen) atoms. The average molecular weight is 212 g/mol. The molecule has 0 aliphatic carbocycles. The normalized spacial score (nSPS) is 21.6. The van der Waals surface area contributed by atoms with Crippen LogP contribution >= 0.6 is 0 Å². The maximum absolute atomic E-state index is 12.0. The smallest absolute Gasteiger partial charge is 0.242 e. The van der Waals surface area contributed by atoms with Gasteiger partial charge in [0, 0.05) is 19.0 Å². The van der Waals surface area contributed by atoms with E-state index in [1.165, 1.54) is 0 Å². The van der Waals surface area contributed by atoms with Gasteiger partial charge < -0.3 is 10.2 Å². The number of hydrogen-bond donors (Lipinski definition) is 1. The Kier molecular flexibility index (Phi) is 3.37. The first-order valence-corrected chi connectivity index (χ1v) is 5.40. The predicted octanol–water partition coefficient (Wildman–Crippen LogP) is 0.769. The molecule has 1 heterocycles. The van der Waals surface area contributed by atoms with Gasteiger partial charge in [0.25, 0.3) is 0 Å². The van der Waals surface area contributed by atoms with Crippen molar-refractivity contribution in [2.45, 2.75) is 39.7 Å². The summed E-state index contributed by atoms with van der Waals surface area (Å²) in [6.07, 6.45) is 1.70. The Morgan fingerprint density at radius 3 is 2.40 bits per heavy atom. The van der Waals surface area contributed by atoms with Crippen LogP contribution in [-0.2, 0) is 9.59 Å². The molecule has 0 saturated carbocycles. The monoisotopic (exact) mass is 212 g/mol. The quantitative estimate of drug-likeness (QED) is 0.698. The van der Waals surface area contributed by atoms with Gasteiger partial charge in [-0.3, -0.25) is 9.59 Å². The van der Waals surface area contributed by atoms with Crippen LogP contribution in [0.25, 0.3) is 0 Å². The second-order valence-electron chi connectivity index (χ2n) is 5.02. The van der Waals surface area contributed by atoms with Gasteiger partial charge in [0.1, 0.15) is 6.04 Å². The molecule has 0 bridgehead atoms. The lowest BCUT2D eigenvalue weighted by Crippen LogP contribution is -2.48. The maximum atomic E-state index is 12.0. The first-order valence-electron chi connectivity index (χ1n) is 5.40. The molecule has 0 radical (unpaired) electrons. The van der Waals surface area contributed by atoms with Gasteiger partial charge >= 0.3 is 0 Å². The molecular weight excluding hydrogens is 192 g/mol. The van der Waals surface area contributed by atoms with Crippen LogP contribution in [0.5, 0.6) is 0 Å². The molecule has 4 heteroatoms. The highest BCUT2D eigenvalue weighted by molar-refractivity contribution is 5.90. The number of amides is 2. The molecule has 0 aromatic carbocycles. The summed E-state index contributed by atoms with van der Waals surface area (Å²) in [4.78, 5) is 25.3. The highest BCUT2D eigenvalue weighted by atomic mass is 16.2. The maximum Gasteiger partial charge on any atom is 0.242 e. The van der Waals surface area contributed by atoms with Crippen molar-refractivity contribution >= 4 is 11.8 Å². The van der Waals surface area contributed by atoms with E-state index in [0.717, 1.165) is 12.8 Å². The summed E-state index contributed by atoms with van der Waals surface area (Å²) in [5.74, 6) is 0.0127. The average Bonchev–Trinajstić information content (AvgIpc) is 2.62. The summed E-state index contributed by atoms with van der Waals surface area (Å²) in [6, 6.07) is -0.262. The van der Waals surface area contributed by atoms with E-state index in [1.54, 1.807) is 11.9 Å². The number of rotatable bonds is 1. The zero-order valence-electron chi connectivity index (χ0n) is 9.96. The van der Waals surface area contributed by atoms with Gasteiger partial charge in [0.15, 0.2) is 0 Å². The molecule has 1 aliphatic heterocycles. The van der Waals surface area contributed by atoms with Crippen LogP contribution in [0.1, 0.15) is 33.6 Å². The predicted molar refractivity (Wildman–Crippen MR) is 58.3 cm³/mol. The van der Waals surface area contributed by atoms with Crippen molar-refractivity contribution in [2.75, 3.05) is 13.6 Å². The molecule has 2 amide bonds. The second kappa shape index (κ2) is 4.21. The summed E-state index contributed by atoms with van der Waals surface area (Å²) in [5, 5.41) is 2.61. The fraction of sp³-hybridized carbons (Fsp3) is 0.818. The van der Waals surface area contributed by atoms with Crippen LogP contribution in [0, 0.1) is 5.41 Å². The van der Waals surface area contributed by atoms with Crippen molar-refractivity contribution in [3.63, 3.8) is 0 Å². The Bertz CT molecular complexity index is 268. The molecule has 1 fully saturated rings. The zero-order chi connectivity index (χ0) is 11.6. The van der Waals surface area contributed by atoms with E-state index in [0.29, 0.717) is 6.54 Å². The molecular formula is C11H20N2O2. The molecule has 1 saturated heterocycles. The lowest BCUT2D eigenvalue weighted by molar-refractivity contribution is -0.144. The van der Waals surface area contributed by atoms with Crippen LogP contribution in [-0.4, -0.2) is 36.3 Å². The minimum atomic E-state index is -0.406. The van der Waals surface area contributed by atoms with Crippen LogP contribution in [0.4, 0.5) is 0 Å². The minimum Gasteiger partial charge on any atom is -0.357 e. The van der Waals surface area contributed by atoms with Gasteiger partial charge in [-0.15, -0.1) is 0 Å². The van der Waals surface area contributed by atoms with Crippen molar-refractivity contribution in [2.24, 2.45) is 5.41 Å². The molecule has 0 aromatic rings. The van der Waals surface area contributed by atoms with E-state index in [1.807, 2.05) is 20.8 Å². The van der Waals surface area contributed by atoms with Crippen molar-refractivity contribution in [1.29, 1.82) is 0 Å². The number of likely N-dealkylation sites (tertiary alicyclic amines) is 1. The van der Waals surface area contributed by atoms with E-state index in [4.69, 9.17) is 0 Å². The molecule has 1 atom stereocenters. The first kappa shape index (κ1) is 12.0. The Morgan fingerprint density at radius 2 is 1.93 bits per heavy atom. The lowest BCUT2D eigenvalue weighted by atomic mass is 9.94. The zero-order valence-corrected chi connectivity index (χ0v) is 9.96. The van der Waals surface area contributed by atoms with Crippen molar-refractivity contribution in [3.05, 3.63) is 0 Å². The topological polar surface area (TPSA) is 49.4 Å². The van der Waals surface area contributed by atoms with Crippen LogP contribution in [0.3, 0.4) is 0 Å². The van der Waals surface area contributed by atoms with E-state index >= 15 is 0 Å². The molecule has 1 rings (SSSR count). The SMILES string of the molecule is CNC(=O)C1CCCN1C(=O)C(C)(C)C. The van der Waals surface area contributed by atoms with Crippen LogP contribution in [0.15, 0.2) is 0 Å². The van der Waals surface area contributed by atoms with Gasteiger partial charge in [-0.2, -0.15) is 0 Å². The summed E-state index contributed by atoms with van der Waals surface area (Å²) in [5.41, 5.74) is -0.406. The number of likely N-dealkylation sites (N-methyl/N-ethyl adjacent to an activating group) is 1. The largest absolute Gasteiger partial charge is 0.357 e. The van der Waals surface area contributed by atoms with Gasteiger partial charge in [-0.1, -0.05) is 20.8 Å². The first-order chi connectivity index (χ1) is 6.88. The minimum absolute atomic E-state index is 0.0508. The highest BCUT2D eigenvalue weighted by Crippen LogP contribution is 2.25. The lowest BCUT2D eigenvalue weighted by Gasteiger charge is -2.29. The molecule has 1 N–H and O–H groups in total. The molecule has 0 spiro atoms. The third-order valence-corrected chi connectivity index (χ3v) is 2.70. The Hall–Kier alpha value is -1.06. The fourth-order valence-electron chi connectivity index (χ4n) is 1.88. The van der Waals surface area contributed by atoms with Gasteiger partial charge in [-0.05, 0) is 12.8 Å². The number of hydrogen-bond acceptors (Lipinski definition) is 2. The molecule has 0 aromatic heterocycles. The summed E-state index contributed by atoms with van der Waals surface area (Å²) < 4.78 is 0. The Balaban J connectivity index is 2.77. The number of carbonyl (C=O) groups excluding carboxylic acids is 2. The van der Waals surface area contributed by atoms with Crippen molar-refractivity contribution < 1.29 is 9.59 Å². The standard InChI is InChI=1S/C11H20N2O2/c1-11(2,3)10(15)13-7-5-6-8(13)9(14)12-4/h8H,5-7H2,1-4H3,(H,12,14). The second-order valence-corrected chi connectivity index (χ2v) is 5.02. The number of nitrogens with one attached hydrogen (secondary N) is 1. The summed E-state index contributed by atoms with van der Waals surface area (Å²) in [7, 11) is 1.61. The number of carbonyl (C=O) groups is 2. The van der Waals surface area contributed by atoms with E-state index < -0.39 is 5.41 Å². The van der Waals surface area contributed by atoms with Crippen molar-refractivity contribution in [1.82, 2.24) is 10.2 Å². The molecule has 86 valence electrons. The molecule has 1 unspecified atom stereocenters. The Morgan fingerprint density at radius 1 is 1.33 bits per heavy atom. The van der Waals surface area contributed by atoms with E-state index in [2.05, 4.69) is 5.32 Å². The van der Waals surface area contributed by atoms with Crippen LogP contribution < -0.4 is 5.32 Å². The number of nitrogens with zero attached hydrogens (tertiary/aromatic N) is 1. The third kappa shape index (κ3) is 2.49. The fourth-order valence-corrected chi connectivity index (χ4v) is 1.88. The van der Waals surface area contributed by atoms with E-state index in [9.17, 15) is 9.59 Å². The summed E-state index contributed by atoms with van der Waals surface area (Å²) in [6.45, 7) is 6.35. The highest BCUT2D eigenvalue weighted by Gasteiger charge is 2.37. The Labute approximate surface area is 91.0 Å².